The second kappa shape index (κ2) is 7.86. The molecule has 0 saturated heterocycles. The SMILES string of the molecule is Cc1ccnc(NC(=S)NC(=O)c2ccc(-c3cccc(Cl)c3Cl)o2)c1. The number of furan rings is 1. The van der Waals surface area contributed by atoms with Crippen molar-refractivity contribution in [3.8, 4) is 11.3 Å². The number of halogens is 2. The van der Waals surface area contributed by atoms with Crippen molar-refractivity contribution in [2.45, 2.75) is 6.92 Å². The molecule has 0 radical (unpaired) electrons. The number of thiocarbonyl (C=S) groups is 1. The van der Waals surface area contributed by atoms with E-state index in [-0.39, 0.29) is 10.9 Å². The van der Waals surface area contributed by atoms with E-state index in [4.69, 9.17) is 39.8 Å². The van der Waals surface area contributed by atoms with Gasteiger partial charge >= 0.3 is 0 Å². The summed E-state index contributed by atoms with van der Waals surface area (Å²) in [6, 6.07) is 12.0. The molecule has 2 N–H and O–H groups in total. The summed E-state index contributed by atoms with van der Waals surface area (Å²) in [5.41, 5.74) is 1.62. The molecule has 8 heteroatoms. The van der Waals surface area contributed by atoms with Crippen molar-refractivity contribution in [2.75, 3.05) is 5.32 Å². The van der Waals surface area contributed by atoms with Crippen molar-refractivity contribution in [1.29, 1.82) is 0 Å². The lowest BCUT2D eigenvalue weighted by Gasteiger charge is -2.08. The minimum absolute atomic E-state index is 0.0948. The lowest BCUT2D eigenvalue weighted by atomic mass is 10.2. The van der Waals surface area contributed by atoms with Gasteiger partial charge in [-0.05, 0) is 61.1 Å². The largest absolute Gasteiger partial charge is 0.451 e. The van der Waals surface area contributed by atoms with Crippen LogP contribution in [0.3, 0.4) is 0 Å². The molecule has 0 fully saturated rings. The Labute approximate surface area is 165 Å². The molecular weight excluding hydrogens is 393 g/mol. The number of aromatic nitrogens is 1. The van der Waals surface area contributed by atoms with Crippen LogP contribution in [0.1, 0.15) is 16.1 Å². The normalized spacial score (nSPS) is 10.4. The molecule has 2 aromatic heterocycles. The summed E-state index contributed by atoms with van der Waals surface area (Å²) < 4.78 is 5.58. The van der Waals surface area contributed by atoms with Gasteiger partial charge in [0.05, 0.1) is 10.0 Å². The standard InChI is InChI=1S/C18H13Cl2N3O2S/c1-10-7-8-21-15(9-10)22-18(26)23-17(24)14-6-5-13(25-14)11-3-2-4-12(19)16(11)20/h2-9H,1H3,(H2,21,22,23,24,26). The molecule has 26 heavy (non-hydrogen) atoms. The number of pyridine rings is 1. The van der Waals surface area contributed by atoms with E-state index in [9.17, 15) is 4.79 Å². The van der Waals surface area contributed by atoms with Crippen LogP contribution in [0.15, 0.2) is 53.1 Å². The van der Waals surface area contributed by atoms with E-state index < -0.39 is 5.91 Å². The molecule has 3 aromatic rings. The average molecular weight is 406 g/mol. The number of hydrogen-bond acceptors (Lipinski definition) is 4. The third-order valence-electron chi connectivity index (χ3n) is 3.43. The van der Waals surface area contributed by atoms with Crippen LogP contribution in [0.5, 0.6) is 0 Å². The number of aryl methyl sites for hydroxylation is 1. The summed E-state index contributed by atoms with van der Waals surface area (Å²) in [6.07, 6.45) is 1.65. The molecule has 3 rings (SSSR count). The van der Waals surface area contributed by atoms with Gasteiger partial charge in [-0.1, -0.05) is 29.3 Å². The first-order chi connectivity index (χ1) is 12.4. The van der Waals surface area contributed by atoms with Crippen LogP contribution < -0.4 is 10.6 Å². The van der Waals surface area contributed by atoms with Crippen molar-refractivity contribution >= 4 is 52.3 Å². The van der Waals surface area contributed by atoms with E-state index in [2.05, 4.69) is 15.6 Å². The maximum atomic E-state index is 12.3. The number of rotatable bonds is 3. The Balaban J connectivity index is 1.70. The molecule has 5 nitrogen and oxygen atoms in total. The van der Waals surface area contributed by atoms with Gasteiger partial charge in [0.15, 0.2) is 10.9 Å². The third kappa shape index (κ3) is 4.22. The molecule has 0 unspecified atom stereocenters. The van der Waals surface area contributed by atoms with Gasteiger partial charge in [0.25, 0.3) is 5.91 Å². The molecule has 0 aliphatic carbocycles. The summed E-state index contributed by atoms with van der Waals surface area (Å²) in [7, 11) is 0. The molecule has 0 saturated carbocycles. The Kier molecular flexibility index (Phi) is 5.56. The van der Waals surface area contributed by atoms with Crippen molar-refractivity contribution in [3.63, 3.8) is 0 Å². The molecule has 132 valence electrons. The first-order valence-electron chi connectivity index (χ1n) is 7.53. The zero-order chi connectivity index (χ0) is 18.7. The molecule has 0 spiro atoms. The monoisotopic (exact) mass is 405 g/mol. The van der Waals surface area contributed by atoms with Crippen molar-refractivity contribution in [1.82, 2.24) is 10.3 Å². The molecule has 0 atom stereocenters. The number of nitrogens with zero attached hydrogens (tertiary/aromatic N) is 1. The topological polar surface area (TPSA) is 67.2 Å². The van der Waals surface area contributed by atoms with Crippen LogP contribution in [0, 0.1) is 6.92 Å². The van der Waals surface area contributed by atoms with Crippen molar-refractivity contribution in [3.05, 3.63) is 70.0 Å². The van der Waals surface area contributed by atoms with Crippen LogP contribution in [0.25, 0.3) is 11.3 Å². The minimum atomic E-state index is -0.487. The van der Waals surface area contributed by atoms with Gasteiger partial charge in [0.1, 0.15) is 11.6 Å². The summed E-state index contributed by atoms with van der Waals surface area (Å²) in [5.74, 6) is 0.583. The average Bonchev–Trinajstić information content (AvgIpc) is 3.07. The maximum absolute atomic E-state index is 12.3. The molecule has 0 bridgehead atoms. The quantitative estimate of drug-likeness (QED) is 0.594. The summed E-state index contributed by atoms with van der Waals surface area (Å²) in [6.45, 7) is 1.93. The fourth-order valence-corrected chi connectivity index (χ4v) is 2.81. The predicted molar refractivity (Wildman–Crippen MR) is 107 cm³/mol. The van der Waals surface area contributed by atoms with E-state index in [1.807, 2.05) is 19.1 Å². The predicted octanol–water partition coefficient (Wildman–Crippen LogP) is 5.08. The lowest BCUT2D eigenvalue weighted by Crippen LogP contribution is -2.34. The van der Waals surface area contributed by atoms with E-state index in [1.54, 1.807) is 30.5 Å². The van der Waals surface area contributed by atoms with Crippen LogP contribution in [0.4, 0.5) is 5.82 Å². The smallest absolute Gasteiger partial charge is 0.293 e. The number of carbonyl (C=O) groups excluding carboxylic acids is 1. The summed E-state index contributed by atoms with van der Waals surface area (Å²) >= 11 is 17.3. The van der Waals surface area contributed by atoms with Gasteiger partial charge < -0.3 is 9.73 Å². The Morgan fingerprint density at radius 3 is 2.77 bits per heavy atom. The fourth-order valence-electron chi connectivity index (χ4n) is 2.22. The highest BCUT2D eigenvalue weighted by molar-refractivity contribution is 7.80. The van der Waals surface area contributed by atoms with E-state index in [0.29, 0.717) is 27.2 Å². The molecule has 0 aliphatic heterocycles. The van der Waals surface area contributed by atoms with Gasteiger partial charge in [-0.25, -0.2) is 4.98 Å². The lowest BCUT2D eigenvalue weighted by molar-refractivity contribution is 0.0951. The molecular formula is C18H13Cl2N3O2S. The van der Waals surface area contributed by atoms with Gasteiger partial charge in [0.2, 0.25) is 0 Å². The van der Waals surface area contributed by atoms with Gasteiger partial charge in [0, 0.05) is 11.8 Å². The summed E-state index contributed by atoms with van der Waals surface area (Å²) in [5, 5.41) is 6.27. The highest BCUT2D eigenvalue weighted by Crippen LogP contribution is 2.34. The number of benzene rings is 1. The Hall–Kier alpha value is -2.41. The number of amides is 1. The second-order valence-electron chi connectivity index (χ2n) is 5.39. The minimum Gasteiger partial charge on any atom is -0.451 e. The van der Waals surface area contributed by atoms with Crippen molar-refractivity contribution in [2.24, 2.45) is 0 Å². The molecule has 2 heterocycles. The first kappa shape index (κ1) is 18.4. The zero-order valence-electron chi connectivity index (χ0n) is 13.5. The summed E-state index contributed by atoms with van der Waals surface area (Å²) in [4.78, 5) is 16.4. The molecule has 1 aromatic carbocycles. The van der Waals surface area contributed by atoms with Gasteiger partial charge in [-0.15, -0.1) is 0 Å². The zero-order valence-corrected chi connectivity index (χ0v) is 15.9. The fraction of sp³-hybridized carbons (Fsp3) is 0.0556. The molecule has 0 aliphatic rings. The van der Waals surface area contributed by atoms with Crippen LogP contribution in [0.2, 0.25) is 10.0 Å². The third-order valence-corrected chi connectivity index (χ3v) is 4.45. The number of anilines is 1. The van der Waals surface area contributed by atoms with E-state index >= 15 is 0 Å². The highest BCUT2D eigenvalue weighted by Gasteiger charge is 2.16. The van der Waals surface area contributed by atoms with E-state index in [1.165, 1.54) is 6.07 Å². The Bertz CT molecular complexity index is 988. The Morgan fingerprint density at radius 2 is 2.00 bits per heavy atom. The highest BCUT2D eigenvalue weighted by atomic mass is 35.5. The van der Waals surface area contributed by atoms with Crippen molar-refractivity contribution < 1.29 is 9.21 Å². The Morgan fingerprint density at radius 1 is 1.19 bits per heavy atom. The van der Waals surface area contributed by atoms with Crippen LogP contribution >= 0.6 is 35.4 Å². The maximum Gasteiger partial charge on any atom is 0.293 e. The van der Waals surface area contributed by atoms with E-state index in [0.717, 1.165) is 5.56 Å². The van der Waals surface area contributed by atoms with Gasteiger partial charge in [-0.3, -0.25) is 10.1 Å². The van der Waals surface area contributed by atoms with Gasteiger partial charge in [-0.2, -0.15) is 0 Å². The van der Waals surface area contributed by atoms with Crippen LogP contribution in [-0.4, -0.2) is 16.0 Å². The second-order valence-corrected chi connectivity index (χ2v) is 6.59. The number of hydrogen-bond donors (Lipinski definition) is 2. The first-order valence-corrected chi connectivity index (χ1v) is 8.69. The van der Waals surface area contributed by atoms with Crippen LogP contribution in [-0.2, 0) is 0 Å². The number of nitrogens with one attached hydrogen (secondary N) is 2. The molecule has 1 amide bonds. The number of carbonyl (C=O) groups is 1.